The van der Waals surface area contributed by atoms with Crippen LogP contribution in [0.5, 0.6) is 0 Å². The third-order valence-electron chi connectivity index (χ3n) is 3.84. The number of rotatable bonds is 9. The number of aliphatic hydroxyl groups is 3. The average molecular weight is 373 g/mol. The fourth-order valence-electron chi connectivity index (χ4n) is 2.49. The van der Waals surface area contributed by atoms with Gasteiger partial charge in [-0.25, -0.2) is 0 Å². The summed E-state index contributed by atoms with van der Waals surface area (Å²) in [5.74, 6) is 0.0805. The van der Waals surface area contributed by atoms with E-state index in [1.54, 1.807) is 28.9 Å². The van der Waals surface area contributed by atoms with E-state index in [9.17, 15) is 20.1 Å². The molecular weight excluding hydrogens is 344 g/mol. The van der Waals surface area contributed by atoms with E-state index in [4.69, 9.17) is 0 Å². The van der Waals surface area contributed by atoms with E-state index in [1.807, 2.05) is 26.6 Å². The van der Waals surface area contributed by atoms with Crippen molar-refractivity contribution in [1.29, 1.82) is 0 Å². The standard InChI is InChI=1S/C17H29NO4P2/c1-12(2)10-14(15(20)17(3,22)11-19)18(24-23-4)16(21)13-8-6-5-7-9-13/h5-9,12,14-15,19-20,22-24H,10-11H2,1-4H3/t14-,15+,17+/m0/s1. The highest BCUT2D eigenvalue weighted by Gasteiger charge is 2.40. The summed E-state index contributed by atoms with van der Waals surface area (Å²) in [7, 11) is 0.743. The Morgan fingerprint density at radius 2 is 1.88 bits per heavy atom. The Labute approximate surface area is 148 Å². The molecule has 3 N–H and O–H groups in total. The lowest BCUT2D eigenvalue weighted by Gasteiger charge is -2.40. The number of amides is 1. The van der Waals surface area contributed by atoms with Crippen molar-refractivity contribution in [3.05, 3.63) is 35.9 Å². The zero-order chi connectivity index (χ0) is 18.3. The van der Waals surface area contributed by atoms with Crippen LogP contribution in [0.25, 0.3) is 0 Å². The maximum absolute atomic E-state index is 13.0. The van der Waals surface area contributed by atoms with Crippen LogP contribution < -0.4 is 0 Å². The topological polar surface area (TPSA) is 81.0 Å². The maximum Gasteiger partial charge on any atom is 0.257 e. The maximum atomic E-state index is 13.0. The normalized spacial score (nSPS) is 17.5. The van der Waals surface area contributed by atoms with E-state index in [2.05, 4.69) is 0 Å². The highest BCUT2D eigenvalue weighted by molar-refractivity contribution is 8.10. The molecule has 0 aromatic heterocycles. The molecule has 0 aliphatic rings. The first-order chi connectivity index (χ1) is 11.2. The van der Waals surface area contributed by atoms with Crippen LogP contribution >= 0.6 is 16.7 Å². The quantitative estimate of drug-likeness (QED) is 0.581. The second-order valence-electron chi connectivity index (χ2n) is 6.56. The number of hydrogen-bond acceptors (Lipinski definition) is 4. The fourth-order valence-corrected chi connectivity index (χ4v) is 4.90. The van der Waals surface area contributed by atoms with Gasteiger partial charge >= 0.3 is 0 Å². The summed E-state index contributed by atoms with van der Waals surface area (Å²) >= 11 is 0. The van der Waals surface area contributed by atoms with Crippen LogP contribution in [0.15, 0.2) is 30.3 Å². The van der Waals surface area contributed by atoms with Gasteiger partial charge in [0.15, 0.2) is 0 Å². The Morgan fingerprint density at radius 1 is 1.29 bits per heavy atom. The van der Waals surface area contributed by atoms with Gasteiger partial charge in [0.25, 0.3) is 5.91 Å². The predicted molar refractivity (Wildman–Crippen MR) is 102 cm³/mol. The van der Waals surface area contributed by atoms with Crippen molar-refractivity contribution in [1.82, 2.24) is 4.67 Å². The fraction of sp³-hybridized carbons (Fsp3) is 0.588. The van der Waals surface area contributed by atoms with Crippen LogP contribution in [0.1, 0.15) is 37.6 Å². The van der Waals surface area contributed by atoms with Crippen molar-refractivity contribution in [2.24, 2.45) is 5.92 Å². The molecule has 7 heteroatoms. The van der Waals surface area contributed by atoms with Gasteiger partial charge in [-0.1, -0.05) is 40.3 Å². The molecule has 0 heterocycles. The van der Waals surface area contributed by atoms with Gasteiger partial charge in [0.2, 0.25) is 0 Å². The second-order valence-corrected chi connectivity index (χ2v) is 9.94. The SMILES string of the molecule is CPPN(C(=O)c1ccccc1)[C@@H](CC(C)C)[C@@H](O)[C@](C)(O)CO. The molecule has 1 aromatic carbocycles. The van der Waals surface area contributed by atoms with Crippen LogP contribution in [0, 0.1) is 5.92 Å². The summed E-state index contributed by atoms with van der Waals surface area (Å²) in [4.78, 5) is 13.0. The Kier molecular flexibility index (Phi) is 8.76. The number of nitrogens with zero attached hydrogens (tertiary/aromatic N) is 1. The van der Waals surface area contributed by atoms with E-state index in [0.717, 1.165) is 0 Å². The molecule has 0 bridgehead atoms. The Morgan fingerprint density at radius 3 is 2.33 bits per heavy atom. The lowest BCUT2D eigenvalue weighted by molar-refractivity contribution is -0.113. The lowest BCUT2D eigenvalue weighted by Crippen LogP contribution is -2.55. The largest absolute Gasteiger partial charge is 0.393 e. The summed E-state index contributed by atoms with van der Waals surface area (Å²) in [6.07, 6.45) is -0.672. The molecule has 24 heavy (non-hydrogen) atoms. The van der Waals surface area contributed by atoms with Gasteiger partial charge in [-0.05, 0) is 38.1 Å². The van der Waals surface area contributed by atoms with Gasteiger partial charge in [-0.3, -0.25) is 4.79 Å². The van der Waals surface area contributed by atoms with Gasteiger partial charge in [-0.15, -0.1) is 0 Å². The van der Waals surface area contributed by atoms with Crippen LogP contribution in [0.2, 0.25) is 0 Å². The lowest BCUT2D eigenvalue weighted by atomic mass is 9.88. The first-order valence-electron chi connectivity index (χ1n) is 8.07. The van der Waals surface area contributed by atoms with E-state index in [1.165, 1.54) is 6.92 Å². The molecule has 5 atom stereocenters. The van der Waals surface area contributed by atoms with Crippen molar-refractivity contribution in [2.75, 3.05) is 13.3 Å². The van der Waals surface area contributed by atoms with Gasteiger partial charge in [0.1, 0.15) is 11.7 Å². The molecule has 0 aliphatic heterocycles. The van der Waals surface area contributed by atoms with E-state index in [-0.39, 0.29) is 20.2 Å². The zero-order valence-corrected chi connectivity index (χ0v) is 16.7. The summed E-state index contributed by atoms with van der Waals surface area (Å²) in [6, 6.07) is 8.41. The molecular formula is C17H29NO4P2. The van der Waals surface area contributed by atoms with E-state index >= 15 is 0 Å². The van der Waals surface area contributed by atoms with Gasteiger partial charge < -0.3 is 20.0 Å². The number of benzene rings is 1. The van der Waals surface area contributed by atoms with Crippen LogP contribution in [-0.2, 0) is 0 Å². The summed E-state index contributed by atoms with van der Waals surface area (Å²) in [5, 5.41) is 30.4. The molecule has 0 spiro atoms. The molecule has 1 aromatic rings. The average Bonchev–Trinajstić information content (AvgIpc) is 2.57. The molecule has 2 unspecified atom stereocenters. The molecule has 5 nitrogen and oxygen atoms in total. The van der Waals surface area contributed by atoms with Crippen molar-refractivity contribution < 1.29 is 20.1 Å². The van der Waals surface area contributed by atoms with Gasteiger partial charge in [0.05, 0.1) is 12.6 Å². The zero-order valence-electron chi connectivity index (χ0n) is 14.7. The molecule has 136 valence electrons. The molecule has 0 radical (unpaired) electrons. The molecule has 1 rings (SSSR count). The monoisotopic (exact) mass is 373 g/mol. The molecule has 1 amide bonds. The summed E-state index contributed by atoms with van der Waals surface area (Å²) in [5.41, 5.74) is -1.09. The number of carbonyl (C=O) groups excluding carboxylic acids is 1. The first-order valence-corrected chi connectivity index (χ1v) is 11.5. The third-order valence-corrected chi connectivity index (χ3v) is 6.23. The molecule has 0 saturated heterocycles. The summed E-state index contributed by atoms with van der Waals surface area (Å²) in [6.45, 7) is 6.86. The Hall–Kier alpha value is -0.570. The first kappa shape index (κ1) is 21.5. The molecule has 0 saturated carbocycles. The van der Waals surface area contributed by atoms with E-state index in [0.29, 0.717) is 20.3 Å². The minimum Gasteiger partial charge on any atom is -0.393 e. The van der Waals surface area contributed by atoms with Crippen molar-refractivity contribution >= 4 is 22.6 Å². The van der Waals surface area contributed by atoms with Crippen molar-refractivity contribution in [3.63, 3.8) is 0 Å². The number of hydrogen-bond donors (Lipinski definition) is 3. The third kappa shape index (κ3) is 5.75. The predicted octanol–water partition coefficient (Wildman–Crippen LogP) is 2.46. The Balaban J connectivity index is 3.19. The minimum absolute atomic E-state index is 0.151. The number of carbonyl (C=O) groups is 1. The molecule has 0 aliphatic carbocycles. The van der Waals surface area contributed by atoms with Gasteiger partial charge in [0, 0.05) is 14.0 Å². The van der Waals surface area contributed by atoms with Crippen molar-refractivity contribution in [2.45, 2.75) is 44.9 Å². The second kappa shape index (κ2) is 9.79. The Bertz CT molecular complexity index is 511. The van der Waals surface area contributed by atoms with Crippen molar-refractivity contribution in [3.8, 4) is 0 Å². The summed E-state index contributed by atoms with van der Waals surface area (Å²) < 4.78 is 1.67. The number of aliphatic hydroxyl groups excluding tert-OH is 2. The highest BCUT2D eigenvalue weighted by atomic mass is 32.0. The highest BCUT2D eigenvalue weighted by Crippen LogP contribution is 2.42. The smallest absolute Gasteiger partial charge is 0.257 e. The molecule has 0 fully saturated rings. The minimum atomic E-state index is -1.66. The van der Waals surface area contributed by atoms with Crippen LogP contribution in [-0.4, -0.2) is 56.9 Å². The van der Waals surface area contributed by atoms with E-state index < -0.39 is 24.4 Å². The van der Waals surface area contributed by atoms with Crippen LogP contribution in [0.3, 0.4) is 0 Å². The van der Waals surface area contributed by atoms with Gasteiger partial charge in [-0.2, -0.15) is 0 Å². The van der Waals surface area contributed by atoms with Crippen LogP contribution in [0.4, 0.5) is 0 Å².